The van der Waals surface area contributed by atoms with Gasteiger partial charge in [0.2, 0.25) is 0 Å². The molecule has 0 heterocycles. The minimum Gasteiger partial charge on any atom is -1.00 e. The van der Waals surface area contributed by atoms with Crippen molar-refractivity contribution in [2.75, 3.05) is 0 Å². The normalized spacial score (nSPS) is 9.29. The van der Waals surface area contributed by atoms with E-state index < -0.39 is 10.1 Å². The summed E-state index contributed by atoms with van der Waals surface area (Å²) in [6.07, 6.45) is 0. The first-order valence-corrected chi connectivity index (χ1v) is 2.66. The first-order valence-electron chi connectivity index (χ1n) is 1.16. The molecule has 40 valence electrons. The van der Waals surface area contributed by atoms with Crippen molar-refractivity contribution in [2.45, 2.75) is 0 Å². The van der Waals surface area contributed by atoms with Gasteiger partial charge in [0.05, 0.1) is 5.41 Å². The van der Waals surface area contributed by atoms with E-state index in [1.807, 2.05) is 0 Å². The van der Waals surface area contributed by atoms with E-state index in [0.717, 1.165) is 0 Å². The molecule has 0 fully saturated rings. The maximum absolute atomic E-state index is 9.44. The third-order valence-electron chi connectivity index (χ3n) is 0.211. The second-order valence-corrected chi connectivity index (χ2v) is 2.04. The van der Waals surface area contributed by atoms with Crippen LogP contribution in [0.1, 0.15) is 2.85 Å². The molecular weight excluding hydrogens is 128 g/mol. The Morgan fingerprint density at radius 2 is 1.86 bits per heavy atom. The van der Waals surface area contributed by atoms with Crippen molar-refractivity contribution in [1.82, 2.24) is 0 Å². The molecule has 5 heteroatoms. The van der Waals surface area contributed by atoms with Crippen molar-refractivity contribution in [1.29, 1.82) is 0 Å². The molecule has 0 aromatic rings. The van der Waals surface area contributed by atoms with Gasteiger partial charge in [-0.2, -0.15) is 8.42 Å². The van der Waals surface area contributed by atoms with Crippen LogP contribution in [0.25, 0.3) is 0 Å². The molecular formula is C2H6MgO3S. The summed E-state index contributed by atoms with van der Waals surface area (Å²) >= 11 is 0. The third kappa shape index (κ3) is 10.7. The Morgan fingerprint density at radius 3 is 1.86 bits per heavy atom. The van der Waals surface area contributed by atoms with Gasteiger partial charge in [0.25, 0.3) is 10.1 Å². The second kappa shape index (κ2) is 3.42. The van der Waals surface area contributed by atoms with Gasteiger partial charge in [-0.15, -0.1) is 0 Å². The molecule has 0 aliphatic heterocycles. The van der Waals surface area contributed by atoms with Crippen LogP contribution in [0.2, 0.25) is 0 Å². The van der Waals surface area contributed by atoms with E-state index in [2.05, 4.69) is 6.58 Å². The number of rotatable bonds is 1. The van der Waals surface area contributed by atoms with Gasteiger partial charge in [-0.3, -0.25) is 4.55 Å². The summed E-state index contributed by atoms with van der Waals surface area (Å²) < 4.78 is 26.6. The minimum absolute atomic E-state index is 0. The van der Waals surface area contributed by atoms with Crippen molar-refractivity contribution in [3.63, 3.8) is 0 Å². The fraction of sp³-hybridized carbons (Fsp3) is 0. The van der Waals surface area contributed by atoms with Gasteiger partial charge in [-0.05, 0) is 0 Å². The molecule has 0 saturated heterocycles. The Balaban J connectivity index is -0.0000000417. The van der Waals surface area contributed by atoms with Crippen LogP contribution < -0.4 is 0 Å². The quantitative estimate of drug-likeness (QED) is 0.401. The Kier molecular flexibility index (Phi) is 5.09. The molecule has 0 saturated carbocycles. The zero-order chi connectivity index (χ0) is 5.21. The molecule has 0 unspecified atom stereocenters. The first-order chi connectivity index (χ1) is 2.56. The Hall–Kier alpha value is 0.416. The molecule has 0 atom stereocenters. The first kappa shape index (κ1) is 10.4. The van der Waals surface area contributed by atoms with E-state index in [1.165, 1.54) is 0 Å². The van der Waals surface area contributed by atoms with E-state index in [-0.39, 0.29) is 25.9 Å². The zero-order valence-corrected chi connectivity index (χ0v) is 5.89. The van der Waals surface area contributed by atoms with Crippen LogP contribution in [0.3, 0.4) is 0 Å². The Labute approximate surface area is 61.3 Å². The van der Waals surface area contributed by atoms with Crippen LogP contribution in [0.4, 0.5) is 0 Å². The molecule has 3 nitrogen and oxygen atoms in total. The standard InChI is InChI=1S/C2H4O3S.Mg.2H/c1-2-6(3,4)5;;;/h2H,1H2,(H,3,4,5);;;/q;+2;2*-1. The summed E-state index contributed by atoms with van der Waals surface area (Å²) in [4.78, 5) is 0. The molecule has 0 aliphatic rings. The smallest absolute Gasteiger partial charge is 1.00 e. The van der Waals surface area contributed by atoms with Gasteiger partial charge < -0.3 is 2.85 Å². The van der Waals surface area contributed by atoms with Gasteiger partial charge in [0, 0.05) is 0 Å². The summed E-state index contributed by atoms with van der Waals surface area (Å²) in [5.41, 5.74) is 0. The van der Waals surface area contributed by atoms with E-state index in [0.29, 0.717) is 5.41 Å². The maximum Gasteiger partial charge on any atom is 2.00 e. The third-order valence-corrected chi connectivity index (χ3v) is 0.632. The average Bonchev–Trinajstić information content (AvgIpc) is 1.35. The molecule has 0 amide bonds. The summed E-state index contributed by atoms with van der Waals surface area (Å²) in [7, 11) is -3.90. The average molecular weight is 134 g/mol. The summed E-state index contributed by atoms with van der Waals surface area (Å²) in [6.45, 7) is 2.79. The Bertz CT molecular complexity index is 130. The van der Waals surface area contributed by atoms with Crippen molar-refractivity contribution in [3.05, 3.63) is 12.0 Å². The van der Waals surface area contributed by atoms with E-state index >= 15 is 0 Å². The molecule has 7 heavy (non-hydrogen) atoms. The summed E-state index contributed by atoms with van der Waals surface area (Å²) in [5, 5.41) is 0.465. The number of hydrogen-bond donors (Lipinski definition) is 1. The van der Waals surface area contributed by atoms with Gasteiger partial charge in [0.15, 0.2) is 0 Å². The van der Waals surface area contributed by atoms with E-state index in [9.17, 15) is 8.42 Å². The van der Waals surface area contributed by atoms with Crippen molar-refractivity contribution in [3.8, 4) is 0 Å². The van der Waals surface area contributed by atoms with Crippen LogP contribution >= 0.6 is 0 Å². The molecule has 0 radical (unpaired) electrons. The predicted molar refractivity (Wildman–Crippen MR) is 29.7 cm³/mol. The van der Waals surface area contributed by atoms with Crippen LogP contribution in [-0.4, -0.2) is 36.0 Å². The van der Waals surface area contributed by atoms with Crippen LogP contribution in [0, 0.1) is 0 Å². The van der Waals surface area contributed by atoms with Gasteiger partial charge in [-0.25, -0.2) is 0 Å². The van der Waals surface area contributed by atoms with Gasteiger partial charge in [-0.1, -0.05) is 6.58 Å². The van der Waals surface area contributed by atoms with Crippen molar-refractivity contribution < 1.29 is 15.8 Å². The SMILES string of the molecule is C=CS(=O)(=O)O.[H-].[H-].[Mg+2]. The van der Waals surface area contributed by atoms with Gasteiger partial charge >= 0.3 is 23.1 Å². The monoisotopic (exact) mass is 134 g/mol. The zero-order valence-electron chi connectivity index (χ0n) is 5.66. The fourth-order valence-electron chi connectivity index (χ4n) is 0. The topological polar surface area (TPSA) is 54.4 Å². The van der Waals surface area contributed by atoms with Crippen LogP contribution in [0.15, 0.2) is 12.0 Å². The Morgan fingerprint density at radius 1 is 1.71 bits per heavy atom. The predicted octanol–water partition coefficient (Wildman–Crippen LogP) is -0.138. The van der Waals surface area contributed by atoms with E-state index in [4.69, 9.17) is 4.55 Å². The van der Waals surface area contributed by atoms with Crippen molar-refractivity contribution >= 4 is 33.2 Å². The molecule has 0 aromatic heterocycles. The molecule has 0 aromatic carbocycles. The van der Waals surface area contributed by atoms with Crippen LogP contribution in [0.5, 0.6) is 0 Å². The largest absolute Gasteiger partial charge is 2.00 e. The summed E-state index contributed by atoms with van der Waals surface area (Å²) in [6, 6.07) is 0. The minimum atomic E-state index is -3.90. The molecule has 0 bridgehead atoms. The van der Waals surface area contributed by atoms with Gasteiger partial charge in [0.1, 0.15) is 0 Å². The van der Waals surface area contributed by atoms with Crippen molar-refractivity contribution in [2.24, 2.45) is 0 Å². The molecule has 1 N–H and O–H groups in total. The summed E-state index contributed by atoms with van der Waals surface area (Å²) in [5.74, 6) is 0. The number of hydrogen-bond acceptors (Lipinski definition) is 2. The van der Waals surface area contributed by atoms with E-state index in [1.54, 1.807) is 0 Å². The second-order valence-electron chi connectivity index (χ2n) is 0.682. The van der Waals surface area contributed by atoms with Crippen LogP contribution in [-0.2, 0) is 10.1 Å². The molecule has 0 rings (SSSR count). The molecule has 0 spiro atoms. The molecule has 0 aliphatic carbocycles. The fourth-order valence-corrected chi connectivity index (χ4v) is 0. The maximum atomic E-state index is 9.44.